The van der Waals surface area contributed by atoms with E-state index in [2.05, 4.69) is 34.6 Å². The molecule has 0 saturated heterocycles. The van der Waals surface area contributed by atoms with Gasteiger partial charge in [-0.1, -0.05) is 29.5 Å². The van der Waals surface area contributed by atoms with Crippen LogP contribution in [0.5, 0.6) is 0 Å². The lowest BCUT2D eigenvalue weighted by molar-refractivity contribution is 1.21. The number of benzene rings is 1. The number of hydrogen-bond donors (Lipinski definition) is 1. The minimum absolute atomic E-state index is 0.658. The Morgan fingerprint density at radius 1 is 1.33 bits per heavy atom. The van der Waals surface area contributed by atoms with Gasteiger partial charge in [-0.05, 0) is 29.3 Å². The first-order valence-corrected chi connectivity index (χ1v) is 8.23. The number of hydrogen-bond acceptors (Lipinski definition) is 5. The molecule has 5 heteroatoms. The Morgan fingerprint density at radius 3 is 2.94 bits per heavy atom. The normalized spacial score (nSPS) is 11.2. The lowest BCUT2D eigenvalue weighted by Crippen LogP contribution is -1.81. The summed E-state index contributed by atoms with van der Waals surface area (Å²) in [6.07, 6.45) is 0. The third kappa shape index (κ3) is 2.25. The molecule has 2 heterocycles. The highest BCUT2D eigenvalue weighted by Crippen LogP contribution is 2.35. The molecule has 0 saturated carbocycles. The van der Waals surface area contributed by atoms with Gasteiger partial charge in [0, 0.05) is 10.5 Å². The topological polar surface area (TPSA) is 38.9 Å². The number of rotatable bonds is 3. The average Bonchev–Trinajstić information content (AvgIpc) is 2.90. The van der Waals surface area contributed by atoms with Gasteiger partial charge in [0.25, 0.3) is 0 Å². The minimum atomic E-state index is 0.658. The summed E-state index contributed by atoms with van der Waals surface area (Å²) in [4.78, 5) is 4.25. The third-order valence-corrected chi connectivity index (χ3v) is 6.10. The van der Waals surface area contributed by atoms with E-state index in [9.17, 15) is 0 Å². The fourth-order valence-corrected chi connectivity index (χ4v) is 4.91. The molecule has 3 aromatic rings. The number of aryl methyl sites for hydroxylation is 1. The van der Waals surface area contributed by atoms with Crippen LogP contribution >= 0.6 is 34.4 Å². The van der Waals surface area contributed by atoms with Gasteiger partial charge in [-0.15, -0.1) is 23.1 Å². The number of nitrogens with zero attached hydrogens (tertiary/aromatic N) is 1. The second kappa shape index (κ2) is 4.91. The van der Waals surface area contributed by atoms with E-state index in [-0.39, 0.29) is 0 Å². The molecule has 2 nitrogen and oxygen atoms in total. The van der Waals surface area contributed by atoms with Crippen molar-refractivity contribution in [3.63, 3.8) is 0 Å². The van der Waals surface area contributed by atoms with E-state index in [1.807, 2.05) is 30.0 Å². The highest BCUT2D eigenvalue weighted by Gasteiger charge is 2.08. The Bertz CT molecular complexity index is 684. The van der Waals surface area contributed by atoms with E-state index in [0.717, 1.165) is 11.4 Å². The van der Waals surface area contributed by atoms with Crippen molar-refractivity contribution >= 4 is 49.7 Å². The Labute approximate surface area is 118 Å². The molecule has 1 aromatic carbocycles. The van der Waals surface area contributed by atoms with Gasteiger partial charge in [0.1, 0.15) is 0 Å². The maximum absolute atomic E-state index is 5.72. The first-order chi connectivity index (χ1) is 8.74. The van der Waals surface area contributed by atoms with Crippen LogP contribution in [-0.4, -0.2) is 4.98 Å². The lowest BCUT2D eigenvalue weighted by Gasteiger charge is -1.98. The quantitative estimate of drug-likeness (QED) is 0.720. The number of thiazole rings is 1. The molecule has 3 rings (SSSR count). The standard InChI is InChI=1S/C13H12N2S3/c1-8-12(18-13(14)15-8)17-7-9-6-16-11-5-3-2-4-10(9)11/h2-6H,7H2,1H3,(H2,14,15). The van der Waals surface area contributed by atoms with Crippen LogP contribution in [0.4, 0.5) is 5.13 Å². The second-order valence-electron chi connectivity index (χ2n) is 3.97. The van der Waals surface area contributed by atoms with E-state index in [0.29, 0.717) is 5.13 Å². The monoisotopic (exact) mass is 292 g/mol. The molecule has 0 atom stereocenters. The van der Waals surface area contributed by atoms with Crippen molar-refractivity contribution in [2.45, 2.75) is 16.9 Å². The van der Waals surface area contributed by atoms with E-state index >= 15 is 0 Å². The number of aromatic nitrogens is 1. The van der Waals surface area contributed by atoms with Gasteiger partial charge in [0.05, 0.1) is 9.90 Å². The van der Waals surface area contributed by atoms with Gasteiger partial charge in [-0.25, -0.2) is 4.98 Å². The van der Waals surface area contributed by atoms with Crippen molar-refractivity contribution < 1.29 is 0 Å². The summed E-state index contributed by atoms with van der Waals surface area (Å²) in [5, 5.41) is 4.27. The molecule has 0 bridgehead atoms. The summed E-state index contributed by atoms with van der Waals surface area (Å²) in [6.45, 7) is 2.01. The van der Waals surface area contributed by atoms with Crippen molar-refractivity contribution in [3.05, 3.63) is 40.9 Å². The number of thioether (sulfide) groups is 1. The summed E-state index contributed by atoms with van der Waals surface area (Å²) < 4.78 is 2.58. The van der Waals surface area contributed by atoms with Gasteiger partial charge >= 0.3 is 0 Å². The molecule has 0 unspecified atom stereocenters. The minimum Gasteiger partial charge on any atom is -0.375 e. The third-order valence-electron chi connectivity index (χ3n) is 2.69. The summed E-state index contributed by atoms with van der Waals surface area (Å²) in [6, 6.07) is 8.54. The van der Waals surface area contributed by atoms with Crippen molar-refractivity contribution in [2.24, 2.45) is 0 Å². The Balaban J connectivity index is 1.83. The van der Waals surface area contributed by atoms with Gasteiger partial charge in [0.2, 0.25) is 0 Å². The molecule has 92 valence electrons. The van der Waals surface area contributed by atoms with Crippen LogP contribution < -0.4 is 5.73 Å². The SMILES string of the molecule is Cc1nc(N)sc1SCc1csc2ccccc12. The van der Waals surface area contributed by atoms with Crippen molar-refractivity contribution in [1.29, 1.82) is 0 Å². The zero-order valence-electron chi connectivity index (χ0n) is 9.84. The molecule has 0 radical (unpaired) electrons. The molecular weight excluding hydrogens is 280 g/mol. The van der Waals surface area contributed by atoms with E-state index in [1.54, 1.807) is 11.3 Å². The molecule has 0 aliphatic rings. The van der Waals surface area contributed by atoms with Crippen molar-refractivity contribution in [1.82, 2.24) is 4.98 Å². The zero-order chi connectivity index (χ0) is 12.5. The fraction of sp³-hybridized carbons (Fsp3) is 0.154. The van der Waals surface area contributed by atoms with E-state index in [1.165, 1.54) is 19.9 Å². The predicted molar refractivity (Wildman–Crippen MR) is 82.6 cm³/mol. The molecule has 2 aromatic heterocycles. The lowest BCUT2D eigenvalue weighted by atomic mass is 10.2. The van der Waals surface area contributed by atoms with E-state index in [4.69, 9.17) is 5.73 Å². The Hall–Kier alpha value is -1.04. The van der Waals surface area contributed by atoms with Gasteiger partial charge < -0.3 is 5.73 Å². The van der Waals surface area contributed by atoms with Crippen molar-refractivity contribution in [3.8, 4) is 0 Å². The van der Waals surface area contributed by atoms with Crippen LogP contribution in [0.3, 0.4) is 0 Å². The summed E-state index contributed by atoms with van der Waals surface area (Å²) in [5.74, 6) is 0.979. The molecule has 0 fully saturated rings. The predicted octanol–water partition coefficient (Wildman–Crippen LogP) is 4.54. The van der Waals surface area contributed by atoms with Crippen LogP contribution in [0, 0.1) is 6.92 Å². The number of nitrogens with two attached hydrogens (primary N) is 1. The van der Waals surface area contributed by atoms with Gasteiger partial charge in [-0.3, -0.25) is 0 Å². The smallest absolute Gasteiger partial charge is 0.181 e. The second-order valence-corrected chi connectivity index (χ2v) is 7.16. The molecule has 0 amide bonds. The average molecular weight is 292 g/mol. The molecule has 2 N–H and O–H groups in total. The van der Waals surface area contributed by atoms with E-state index < -0.39 is 0 Å². The highest BCUT2D eigenvalue weighted by atomic mass is 32.2. The molecule has 18 heavy (non-hydrogen) atoms. The number of thiophene rings is 1. The largest absolute Gasteiger partial charge is 0.375 e. The van der Waals surface area contributed by atoms with Crippen LogP contribution in [0.25, 0.3) is 10.1 Å². The Kier molecular flexibility index (Phi) is 3.28. The maximum atomic E-state index is 5.72. The summed E-state index contributed by atoms with van der Waals surface area (Å²) in [5.41, 5.74) is 8.15. The van der Waals surface area contributed by atoms with Crippen LogP contribution in [0.15, 0.2) is 33.9 Å². The number of anilines is 1. The summed E-state index contributed by atoms with van der Waals surface area (Å²) in [7, 11) is 0. The molecule has 0 aliphatic heterocycles. The van der Waals surface area contributed by atoms with Gasteiger partial charge in [-0.2, -0.15) is 0 Å². The summed E-state index contributed by atoms with van der Waals surface area (Å²) >= 11 is 5.21. The number of fused-ring (bicyclic) bond motifs is 1. The van der Waals surface area contributed by atoms with Crippen LogP contribution in [-0.2, 0) is 5.75 Å². The van der Waals surface area contributed by atoms with Gasteiger partial charge in [0.15, 0.2) is 5.13 Å². The Morgan fingerprint density at radius 2 is 2.17 bits per heavy atom. The molecule has 0 aliphatic carbocycles. The maximum Gasteiger partial charge on any atom is 0.181 e. The van der Waals surface area contributed by atoms with Crippen LogP contribution in [0.1, 0.15) is 11.3 Å². The first kappa shape index (κ1) is 12.0. The fourth-order valence-electron chi connectivity index (χ4n) is 1.82. The molecular formula is C13H12N2S3. The van der Waals surface area contributed by atoms with Crippen molar-refractivity contribution in [2.75, 3.05) is 5.73 Å². The zero-order valence-corrected chi connectivity index (χ0v) is 12.3. The number of nitrogen functional groups attached to an aromatic ring is 1. The van der Waals surface area contributed by atoms with Crippen LogP contribution in [0.2, 0.25) is 0 Å². The molecule has 0 spiro atoms. The highest BCUT2D eigenvalue weighted by molar-refractivity contribution is 8.00. The first-order valence-electron chi connectivity index (χ1n) is 5.55.